The largest absolute Gasteiger partial charge is 0.485 e. The first-order valence-electron chi connectivity index (χ1n) is 15.8. The highest BCUT2D eigenvalue weighted by atomic mass is 16.6. The maximum atomic E-state index is 12.9. The van der Waals surface area contributed by atoms with Gasteiger partial charge in [-0.25, -0.2) is 14.4 Å². The molecule has 0 radical (unpaired) electrons. The maximum Gasteiger partial charge on any atom is 0.412 e. The minimum Gasteiger partial charge on any atom is -0.485 e. The Hall–Kier alpha value is -5.51. The molecule has 3 N–H and O–H groups in total. The van der Waals surface area contributed by atoms with Gasteiger partial charge in [0, 0.05) is 18.7 Å². The van der Waals surface area contributed by atoms with Gasteiger partial charge in [-0.3, -0.25) is 5.32 Å². The zero-order chi connectivity index (χ0) is 34.4. The molecule has 0 heterocycles. The Labute approximate surface area is 281 Å². The van der Waals surface area contributed by atoms with Gasteiger partial charge >= 0.3 is 18.1 Å². The van der Waals surface area contributed by atoms with Crippen LogP contribution in [0.2, 0.25) is 0 Å². The Kier molecular flexibility index (Phi) is 12.8. The summed E-state index contributed by atoms with van der Waals surface area (Å²) in [6.07, 6.45) is -0.389. The van der Waals surface area contributed by atoms with E-state index in [1.165, 1.54) is 0 Å². The van der Waals surface area contributed by atoms with Crippen molar-refractivity contribution < 1.29 is 33.3 Å². The predicted molar refractivity (Wildman–Crippen MR) is 184 cm³/mol. The lowest BCUT2D eigenvalue weighted by Crippen LogP contribution is -2.47. The lowest BCUT2D eigenvalue weighted by molar-refractivity contribution is -0.145. The Morgan fingerprint density at radius 1 is 0.708 bits per heavy atom. The molecule has 48 heavy (non-hydrogen) atoms. The maximum absolute atomic E-state index is 12.9. The highest BCUT2D eigenvalue weighted by Gasteiger charge is 2.23. The number of amides is 3. The van der Waals surface area contributed by atoms with Crippen molar-refractivity contribution in [2.75, 3.05) is 11.9 Å². The second-order valence-electron chi connectivity index (χ2n) is 12.0. The molecule has 1 atom stereocenters. The number of hydrogen-bond donors (Lipinski definition) is 3. The summed E-state index contributed by atoms with van der Waals surface area (Å²) < 4.78 is 22.9. The topological polar surface area (TPSA) is 124 Å². The van der Waals surface area contributed by atoms with E-state index in [9.17, 15) is 14.4 Å². The van der Waals surface area contributed by atoms with E-state index in [0.717, 1.165) is 22.3 Å². The Morgan fingerprint density at radius 3 is 1.88 bits per heavy atom. The number of carbonyl (C=O) groups is 3. The van der Waals surface area contributed by atoms with E-state index in [2.05, 4.69) is 16.0 Å². The van der Waals surface area contributed by atoms with Crippen LogP contribution in [0.5, 0.6) is 11.5 Å². The van der Waals surface area contributed by atoms with Crippen molar-refractivity contribution in [1.29, 1.82) is 0 Å². The van der Waals surface area contributed by atoms with Crippen LogP contribution >= 0.6 is 0 Å². The number of esters is 1. The fourth-order valence-electron chi connectivity index (χ4n) is 4.57. The number of hydrogen-bond acceptors (Lipinski definition) is 7. The summed E-state index contributed by atoms with van der Waals surface area (Å²) in [6.45, 7) is 8.12. The van der Waals surface area contributed by atoms with Crippen molar-refractivity contribution in [2.24, 2.45) is 0 Å². The molecule has 0 fully saturated rings. The third kappa shape index (κ3) is 12.0. The standard InChI is InChI=1S/C38H43N3O7/c1-5-45-35(42)32(41-36(43)39-24-27-16-19-31(20-17-27)40-37(44)48-38(2,3)4)22-30-18-21-33(46-25-28-12-8-6-9-13-28)34(23-30)47-26-29-14-10-7-11-15-29/h6-21,23,32H,5,22,24-26H2,1-4H3,(H,40,44)(H2,39,41,43). The fraction of sp³-hybridized carbons (Fsp3) is 0.289. The molecule has 1 unspecified atom stereocenters. The van der Waals surface area contributed by atoms with Crippen LogP contribution in [0.15, 0.2) is 103 Å². The highest BCUT2D eigenvalue weighted by molar-refractivity contribution is 5.85. The number of urea groups is 1. The summed E-state index contributed by atoms with van der Waals surface area (Å²) in [4.78, 5) is 37.9. The third-order valence-corrected chi connectivity index (χ3v) is 6.85. The van der Waals surface area contributed by atoms with Crippen LogP contribution in [-0.4, -0.2) is 36.3 Å². The molecule has 0 saturated heterocycles. The average molecular weight is 654 g/mol. The summed E-state index contributed by atoms with van der Waals surface area (Å²) in [7, 11) is 0. The number of nitrogens with one attached hydrogen (secondary N) is 3. The van der Waals surface area contributed by atoms with Crippen LogP contribution in [0.3, 0.4) is 0 Å². The molecule has 252 valence electrons. The summed E-state index contributed by atoms with van der Waals surface area (Å²) in [5.74, 6) is 0.523. The van der Waals surface area contributed by atoms with E-state index >= 15 is 0 Å². The molecule has 0 aliphatic rings. The number of anilines is 1. The van der Waals surface area contributed by atoms with Crippen LogP contribution in [-0.2, 0) is 40.4 Å². The van der Waals surface area contributed by atoms with Crippen molar-refractivity contribution in [3.05, 3.63) is 125 Å². The minimum atomic E-state index is -0.955. The Balaban J connectivity index is 1.40. The molecule has 0 aliphatic carbocycles. The van der Waals surface area contributed by atoms with Gasteiger partial charge < -0.3 is 29.6 Å². The van der Waals surface area contributed by atoms with Crippen LogP contribution in [0.1, 0.15) is 49.9 Å². The first-order valence-corrected chi connectivity index (χ1v) is 15.8. The van der Waals surface area contributed by atoms with Crippen LogP contribution in [0.25, 0.3) is 0 Å². The quantitative estimate of drug-likeness (QED) is 0.123. The number of rotatable bonds is 14. The van der Waals surface area contributed by atoms with Crippen molar-refractivity contribution in [3.63, 3.8) is 0 Å². The molecule has 4 aromatic carbocycles. The second kappa shape index (κ2) is 17.4. The van der Waals surface area contributed by atoms with Crippen molar-refractivity contribution in [1.82, 2.24) is 10.6 Å². The zero-order valence-electron chi connectivity index (χ0n) is 27.8. The van der Waals surface area contributed by atoms with E-state index in [0.29, 0.717) is 30.4 Å². The molecule has 10 nitrogen and oxygen atoms in total. The van der Waals surface area contributed by atoms with Gasteiger partial charge in [0.15, 0.2) is 11.5 Å². The summed E-state index contributed by atoms with van der Waals surface area (Å²) in [6, 6.07) is 30.6. The molecule has 0 spiro atoms. The molecule has 0 saturated carbocycles. The first-order chi connectivity index (χ1) is 23.1. The van der Waals surface area contributed by atoms with Gasteiger partial charge in [0.05, 0.1) is 6.61 Å². The number of ether oxygens (including phenoxy) is 4. The molecular formula is C38H43N3O7. The molecule has 0 aromatic heterocycles. The van der Waals surface area contributed by atoms with Gasteiger partial charge in [-0.15, -0.1) is 0 Å². The predicted octanol–water partition coefficient (Wildman–Crippen LogP) is 7.17. The van der Waals surface area contributed by atoms with Gasteiger partial charge in [0.2, 0.25) is 0 Å². The van der Waals surface area contributed by atoms with Crippen molar-refractivity contribution >= 4 is 23.8 Å². The lowest BCUT2D eigenvalue weighted by Gasteiger charge is -2.20. The van der Waals surface area contributed by atoms with E-state index in [-0.39, 0.29) is 19.6 Å². The smallest absolute Gasteiger partial charge is 0.412 e. The Morgan fingerprint density at radius 2 is 1.29 bits per heavy atom. The molecular weight excluding hydrogens is 610 g/mol. The van der Waals surface area contributed by atoms with Crippen molar-refractivity contribution in [3.8, 4) is 11.5 Å². The second-order valence-corrected chi connectivity index (χ2v) is 12.0. The van der Waals surface area contributed by atoms with Crippen LogP contribution in [0.4, 0.5) is 15.3 Å². The van der Waals surface area contributed by atoms with Crippen LogP contribution in [0, 0.1) is 0 Å². The van der Waals surface area contributed by atoms with Crippen molar-refractivity contribution in [2.45, 2.75) is 65.5 Å². The molecule has 0 aliphatic heterocycles. The highest BCUT2D eigenvalue weighted by Crippen LogP contribution is 2.31. The molecule has 0 bridgehead atoms. The number of benzene rings is 4. The molecule has 4 rings (SSSR count). The van der Waals surface area contributed by atoms with Gasteiger partial charge in [-0.1, -0.05) is 78.9 Å². The summed E-state index contributed by atoms with van der Waals surface area (Å²) in [5, 5.41) is 8.20. The van der Waals surface area contributed by atoms with E-state index < -0.39 is 29.7 Å². The van der Waals surface area contributed by atoms with E-state index in [4.69, 9.17) is 18.9 Å². The number of carbonyl (C=O) groups excluding carboxylic acids is 3. The summed E-state index contributed by atoms with van der Waals surface area (Å²) >= 11 is 0. The molecule has 3 amide bonds. The average Bonchev–Trinajstić information content (AvgIpc) is 3.06. The monoisotopic (exact) mass is 653 g/mol. The third-order valence-electron chi connectivity index (χ3n) is 6.85. The minimum absolute atomic E-state index is 0.165. The van der Waals surface area contributed by atoms with Gasteiger partial charge in [-0.05, 0) is 74.2 Å². The molecule has 10 heteroatoms. The summed E-state index contributed by atoms with van der Waals surface area (Å²) in [5.41, 5.74) is 3.50. The first kappa shape index (κ1) is 35.3. The van der Waals surface area contributed by atoms with Gasteiger partial charge in [0.25, 0.3) is 0 Å². The lowest BCUT2D eigenvalue weighted by atomic mass is 10.1. The van der Waals surface area contributed by atoms with Gasteiger partial charge in [0.1, 0.15) is 24.9 Å². The SMILES string of the molecule is CCOC(=O)C(Cc1ccc(OCc2ccccc2)c(OCc2ccccc2)c1)NC(=O)NCc1ccc(NC(=O)OC(C)(C)C)cc1. The van der Waals surface area contributed by atoms with Gasteiger partial charge in [-0.2, -0.15) is 0 Å². The van der Waals surface area contributed by atoms with E-state index in [1.807, 2.05) is 78.9 Å². The molecule has 4 aromatic rings. The normalized spacial score (nSPS) is 11.5. The van der Waals surface area contributed by atoms with Crippen LogP contribution < -0.4 is 25.4 Å². The van der Waals surface area contributed by atoms with E-state index in [1.54, 1.807) is 52.0 Å². The zero-order valence-corrected chi connectivity index (χ0v) is 27.8. The Bertz CT molecular complexity index is 1620. The fourth-order valence-corrected chi connectivity index (χ4v) is 4.57.